The van der Waals surface area contributed by atoms with E-state index in [9.17, 15) is 13.2 Å². The monoisotopic (exact) mass is 365 g/mol. The van der Waals surface area contributed by atoms with Gasteiger partial charge in [0, 0.05) is 45.8 Å². The molecule has 0 bridgehead atoms. The predicted octanol–water partition coefficient (Wildman–Crippen LogP) is 0.700. The Morgan fingerprint density at radius 2 is 1.48 bits per heavy atom. The maximum absolute atomic E-state index is 12.3. The Balaban J connectivity index is 1.41. The Morgan fingerprint density at radius 3 is 2.12 bits per heavy atom. The second-order valence-corrected chi connectivity index (χ2v) is 8.95. The molecule has 25 heavy (non-hydrogen) atoms. The van der Waals surface area contributed by atoms with Crippen molar-refractivity contribution in [3.05, 3.63) is 30.3 Å². The number of benzene rings is 1. The molecule has 0 atom stereocenters. The smallest absolute Gasteiger partial charge is 0.236 e. The summed E-state index contributed by atoms with van der Waals surface area (Å²) >= 11 is 0. The molecule has 138 valence electrons. The van der Waals surface area contributed by atoms with Gasteiger partial charge in [-0.2, -0.15) is 0 Å². The van der Waals surface area contributed by atoms with Crippen LogP contribution in [-0.2, 0) is 14.6 Å². The van der Waals surface area contributed by atoms with Crippen LogP contribution < -0.4 is 0 Å². The summed E-state index contributed by atoms with van der Waals surface area (Å²) in [6, 6.07) is 8.63. The summed E-state index contributed by atoms with van der Waals surface area (Å²) in [5.74, 6) is 0.376. The van der Waals surface area contributed by atoms with Crippen LogP contribution in [0.5, 0.6) is 0 Å². The number of carbonyl (C=O) groups is 1. The molecule has 2 aliphatic heterocycles. The van der Waals surface area contributed by atoms with Crippen LogP contribution >= 0.6 is 0 Å². The van der Waals surface area contributed by atoms with Gasteiger partial charge >= 0.3 is 0 Å². The molecule has 0 unspecified atom stereocenters. The molecular weight excluding hydrogens is 338 g/mol. The van der Waals surface area contributed by atoms with Gasteiger partial charge in [0.1, 0.15) is 0 Å². The van der Waals surface area contributed by atoms with Crippen molar-refractivity contribution in [1.29, 1.82) is 0 Å². The van der Waals surface area contributed by atoms with Gasteiger partial charge in [0.15, 0.2) is 9.84 Å². The number of rotatable bonds is 6. The van der Waals surface area contributed by atoms with Crippen molar-refractivity contribution in [2.24, 2.45) is 0 Å². The number of sulfone groups is 1. The highest BCUT2D eigenvalue weighted by molar-refractivity contribution is 7.91. The second kappa shape index (κ2) is 8.29. The Hall–Kier alpha value is -1.44. The van der Waals surface area contributed by atoms with E-state index >= 15 is 0 Å². The van der Waals surface area contributed by atoms with Crippen molar-refractivity contribution < 1.29 is 13.2 Å². The van der Waals surface area contributed by atoms with Crippen molar-refractivity contribution in [3.63, 3.8) is 0 Å². The summed E-state index contributed by atoms with van der Waals surface area (Å²) in [4.78, 5) is 18.9. The number of piperazine rings is 1. The highest BCUT2D eigenvalue weighted by Crippen LogP contribution is 2.12. The first-order chi connectivity index (χ1) is 12.0. The van der Waals surface area contributed by atoms with Gasteiger partial charge in [-0.15, -0.1) is 0 Å². The van der Waals surface area contributed by atoms with Crippen LogP contribution in [0, 0.1) is 0 Å². The number of hydrogen-bond donors (Lipinski definition) is 0. The molecule has 0 saturated carbocycles. The van der Waals surface area contributed by atoms with Crippen molar-refractivity contribution in [2.45, 2.75) is 17.7 Å². The van der Waals surface area contributed by atoms with E-state index < -0.39 is 9.84 Å². The zero-order valence-electron chi connectivity index (χ0n) is 14.6. The van der Waals surface area contributed by atoms with Crippen LogP contribution in [0.15, 0.2) is 35.2 Å². The van der Waals surface area contributed by atoms with E-state index in [4.69, 9.17) is 0 Å². The highest BCUT2D eigenvalue weighted by atomic mass is 32.2. The standard InChI is InChI=1S/C18H27N3O3S/c22-18(21-8-4-5-9-21)16-20-12-10-19(11-13-20)14-15-25(23,24)17-6-2-1-3-7-17/h1-3,6-7H,4-5,8-16H2. The first-order valence-electron chi connectivity index (χ1n) is 9.05. The van der Waals surface area contributed by atoms with Crippen LogP contribution in [0.4, 0.5) is 0 Å². The first-order valence-corrected chi connectivity index (χ1v) is 10.7. The molecule has 0 aliphatic carbocycles. The highest BCUT2D eigenvalue weighted by Gasteiger charge is 2.24. The zero-order chi connectivity index (χ0) is 17.7. The van der Waals surface area contributed by atoms with Crippen LogP contribution in [0.3, 0.4) is 0 Å². The normalized spacial score (nSPS) is 20.1. The minimum absolute atomic E-state index is 0.143. The van der Waals surface area contributed by atoms with E-state index in [1.54, 1.807) is 24.3 Å². The van der Waals surface area contributed by atoms with Crippen molar-refractivity contribution in [1.82, 2.24) is 14.7 Å². The van der Waals surface area contributed by atoms with Crippen molar-refractivity contribution >= 4 is 15.7 Å². The third kappa shape index (κ3) is 5.03. The molecule has 0 N–H and O–H groups in total. The zero-order valence-corrected chi connectivity index (χ0v) is 15.5. The molecule has 2 fully saturated rings. The van der Waals surface area contributed by atoms with Gasteiger partial charge in [-0.25, -0.2) is 8.42 Å². The molecule has 0 spiro atoms. The molecule has 2 heterocycles. The van der Waals surface area contributed by atoms with Gasteiger partial charge in [0.25, 0.3) is 0 Å². The first kappa shape index (κ1) is 18.4. The van der Waals surface area contributed by atoms with Crippen LogP contribution in [0.1, 0.15) is 12.8 Å². The van der Waals surface area contributed by atoms with Gasteiger partial charge < -0.3 is 4.90 Å². The summed E-state index contributed by atoms with van der Waals surface area (Å²) in [5, 5.41) is 0. The lowest BCUT2D eigenvalue weighted by molar-refractivity contribution is -0.131. The van der Waals surface area contributed by atoms with E-state index in [1.807, 2.05) is 11.0 Å². The van der Waals surface area contributed by atoms with Gasteiger partial charge in [0.05, 0.1) is 17.2 Å². The molecule has 0 aromatic heterocycles. The molecule has 6 nitrogen and oxygen atoms in total. The number of amides is 1. The molecule has 2 saturated heterocycles. The molecule has 1 aromatic carbocycles. The van der Waals surface area contributed by atoms with E-state index in [0.29, 0.717) is 18.0 Å². The number of nitrogens with zero attached hydrogens (tertiary/aromatic N) is 3. The van der Waals surface area contributed by atoms with Crippen molar-refractivity contribution in [3.8, 4) is 0 Å². The Kier molecular flexibility index (Phi) is 6.09. The average molecular weight is 365 g/mol. The third-order valence-corrected chi connectivity index (χ3v) is 6.77. The van der Waals surface area contributed by atoms with E-state index in [2.05, 4.69) is 9.80 Å². The number of hydrogen-bond acceptors (Lipinski definition) is 5. The predicted molar refractivity (Wildman–Crippen MR) is 97.2 cm³/mol. The third-order valence-electron chi connectivity index (χ3n) is 5.06. The van der Waals surface area contributed by atoms with Gasteiger partial charge in [-0.1, -0.05) is 18.2 Å². The van der Waals surface area contributed by atoms with E-state index in [-0.39, 0.29) is 11.7 Å². The summed E-state index contributed by atoms with van der Waals surface area (Å²) < 4.78 is 24.7. The van der Waals surface area contributed by atoms with Crippen LogP contribution in [-0.4, -0.2) is 87.1 Å². The molecule has 1 amide bonds. The summed E-state index contributed by atoms with van der Waals surface area (Å²) in [7, 11) is -3.22. The minimum Gasteiger partial charge on any atom is -0.342 e. The van der Waals surface area contributed by atoms with E-state index in [1.165, 1.54) is 0 Å². The quantitative estimate of drug-likeness (QED) is 0.743. The Labute approximate surface area is 150 Å². The summed E-state index contributed by atoms with van der Waals surface area (Å²) in [6.07, 6.45) is 2.24. The Morgan fingerprint density at radius 1 is 0.880 bits per heavy atom. The maximum Gasteiger partial charge on any atom is 0.236 e. The molecular formula is C18H27N3O3S. The molecule has 7 heteroatoms. The largest absolute Gasteiger partial charge is 0.342 e. The summed E-state index contributed by atoms with van der Waals surface area (Å²) in [6.45, 7) is 6.12. The van der Waals surface area contributed by atoms with E-state index in [0.717, 1.165) is 52.1 Å². The minimum atomic E-state index is -3.22. The lowest BCUT2D eigenvalue weighted by Crippen LogP contribution is -2.50. The molecule has 2 aliphatic rings. The fourth-order valence-corrected chi connectivity index (χ4v) is 4.73. The average Bonchev–Trinajstić information content (AvgIpc) is 3.17. The lowest BCUT2D eigenvalue weighted by atomic mass is 10.3. The topological polar surface area (TPSA) is 60.9 Å². The van der Waals surface area contributed by atoms with Gasteiger partial charge in [-0.3, -0.25) is 14.6 Å². The summed E-state index contributed by atoms with van der Waals surface area (Å²) in [5.41, 5.74) is 0. The molecule has 0 radical (unpaired) electrons. The van der Waals surface area contributed by atoms with Crippen LogP contribution in [0.2, 0.25) is 0 Å². The Bertz CT molecular complexity index is 664. The van der Waals surface area contributed by atoms with Gasteiger partial charge in [-0.05, 0) is 25.0 Å². The maximum atomic E-state index is 12.3. The second-order valence-electron chi connectivity index (χ2n) is 6.84. The van der Waals surface area contributed by atoms with Crippen LogP contribution in [0.25, 0.3) is 0 Å². The number of likely N-dealkylation sites (tertiary alicyclic amines) is 1. The fraction of sp³-hybridized carbons (Fsp3) is 0.611. The number of carbonyl (C=O) groups excluding carboxylic acids is 1. The molecule has 1 aromatic rings. The SMILES string of the molecule is O=C(CN1CCN(CCS(=O)(=O)c2ccccc2)CC1)N1CCCC1. The molecule has 3 rings (SSSR count). The van der Waals surface area contributed by atoms with Crippen molar-refractivity contribution in [2.75, 3.05) is 58.1 Å². The fourth-order valence-electron chi connectivity index (χ4n) is 3.42. The lowest BCUT2D eigenvalue weighted by Gasteiger charge is -2.34. The van der Waals surface area contributed by atoms with Gasteiger partial charge in [0.2, 0.25) is 5.91 Å².